The highest BCUT2D eigenvalue weighted by atomic mass is 35.5. The number of carbonyl (C=O) groups is 1. The molecule has 1 amide bonds. The van der Waals surface area contributed by atoms with Crippen molar-refractivity contribution in [1.82, 2.24) is 4.90 Å². The SMILES string of the molecule is COc1ccc(NC(=O)/C(C#N)=C\N(Cc2ccccc2)Cc2ccccc2)cc1Cl. The quantitative estimate of drug-likeness (QED) is 0.383. The summed E-state index contributed by atoms with van der Waals surface area (Å²) in [5.74, 6) is 0.00229. The number of hydrogen-bond acceptors (Lipinski definition) is 4. The molecular weight excluding hydrogens is 410 g/mol. The van der Waals surface area contributed by atoms with Gasteiger partial charge in [0.05, 0.1) is 12.1 Å². The summed E-state index contributed by atoms with van der Waals surface area (Å²) in [7, 11) is 1.52. The Kier molecular flexibility index (Phi) is 7.69. The number of nitrogens with zero attached hydrogens (tertiary/aromatic N) is 2. The maximum absolute atomic E-state index is 12.7. The fourth-order valence-corrected chi connectivity index (χ4v) is 3.30. The minimum absolute atomic E-state index is 0.00111. The Labute approximate surface area is 187 Å². The minimum atomic E-state index is -0.505. The zero-order valence-electron chi connectivity index (χ0n) is 17.1. The van der Waals surface area contributed by atoms with Crippen LogP contribution in [0.15, 0.2) is 90.6 Å². The third-order valence-electron chi connectivity index (χ3n) is 4.54. The first-order valence-corrected chi connectivity index (χ1v) is 10.1. The molecule has 0 bridgehead atoms. The van der Waals surface area contributed by atoms with Crippen molar-refractivity contribution in [1.29, 1.82) is 5.26 Å². The van der Waals surface area contributed by atoms with Crippen LogP contribution in [0.25, 0.3) is 0 Å². The first-order chi connectivity index (χ1) is 15.1. The van der Waals surface area contributed by atoms with E-state index < -0.39 is 5.91 Å². The van der Waals surface area contributed by atoms with Gasteiger partial charge in [0.2, 0.25) is 0 Å². The topological polar surface area (TPSA) is 65.4 Å². The van der Waals surface area contributed by atoms with E-state index in [1.54, 1.807) is 24.4 Å². The summed E-state index contributed by atoms with van der Waals surface area (Å²) < 4.78 is 5.12. The van der Waals surface area contributed by atoms with Gasteiger partial charge in [-0.15, -0.1) is 0 Å². The lowest BCUT2D eigenvalue weighted by Crippen LogP contribution is -2.21. The third-order valence-corrected chi connectivity index (χ3v) is 4.84. The molecule has 0 aromatic heterocycles. The molecule has 0 unspecified atom stereocenters. The van der Waals surface area contributed by atoms with Crippen molar-refractivity contribution < 1.29 is 9.53 Å². The van der Waals surface area contributed by atoms with E-state index in [1.165, 1.54) is 7.11 Å². The van der Waals surface area contributed by atoms with Gasteiger partial charge in [0.25, 0.3) is 5.91 Å². The Morgan fingerprint density at radius 2 is 1.61 bits per heavy atom. The fraction of sp³-hybridized carbons (Fsp3) is 0.120. The predicted octanol–water partition coefficient (Wildman–Crippen LogP) is 5.40. The monoisotopic (exact) mass is 431 g/mol. The molecule has 156 valence electrons. The number of halogens is 1. The van der Waals surface area contributed by atoms with Crippen molar-refractivity contribution in [2.24, 2.45) is 0 Å². The van der Waals surface area contributed by atoms with Crippen LogP contribution in [0.1, 0.15) is 11.1 Å². The van der Waals surface area contributed by atoms with Crippen molar-refractivity contribution in [3.8, 4) is 11.8 Å². The summed E-state index contributed by atoms with van der Waals surface area (Å²) in [6.07, 6.45) is 1.60. The normalized spacial score (nSPS) is 10.8. The summed E-state index contributed by atoms with van der Waals surface area (Å²) in [4.78, 5) is 14.7. The molecule has 31 heavy (non-hydrogen) atoms. The van der Waals surface area contributed by atoms with Crippen molar-refractivity contribution in [3.63, 3.8) is 0 Å². The second-order valence-corrected chi connectivity index (χ2v) is 7.24. The average molecular weight is 432 g/mol. The van der Waals surface area contributed by atoms with Gasteiger partial charge in [-0.3, -0.25) is 4.79 Å². The lowest BCUT2D eigenvalue weighted by atomic mass is 10.1. The van der Waals surface area contributed by atoms with Crippen LogP contribution < -0.4 is 10.1 Å². The molecule has 0 aliphatic carbocycles. The molecule has 0 saturated heterocycles. The van der Waals surface area contributed by atoms with Crippen LogP contribution in [0.2, 0.25) is 5.02 Å². The molecule has 0 heterocycles. The summed E-state index contributed by atoms with van der Waals surface area (Å²) >= 11 is 6.13. The molecule has 3 aromatic rings. The van der Waals surface area contributed by atoms with Crippen molar-refractivity contribution in [2.75, 3.05) is 12.4 Å². The van der Waals surface area contributed by atoms with Crippen molar-refractivity contribution in [2.45, 2.75) is 13.1 Å². The van der Waals surface area contributed by atoms with Gasteiger partial charge in [0.1, 0.15) is 17.4 Å². The Morgan fingerprint density at radius 3 is 2.10 bits per heavy atom. The van der Waals surface area contributed by atoms with Crippen molar-refractivity contribution in [3.05, 3.63) is 107 Å². The molecule has 0 spiro atoms. The highest BCUT2D eigenvalue weighted by Crippen LogP contribution is 2.27. The van der Waals surface area contributed by atoms with E-state index in [0.717, 1.165) is 11.1 Å². The molecule has 0 fully saturated rings. The van der Waals surface area contributed by atoms with Gasteiger partial charge in [-0.05, 0) is 29.3 Å². The number of ether oxygens (including phenoxy) is 1. The van der Waals surface area contributed by atoms with Gasteiger partial charge in [0, 0.05) is 25.0 Å². The number of hydrogen-bond donors (Lipinski definition) is 1. The average Bonchev–Trinajstić information content (AvgIpc) is 2.78. The van der Waals surface area contributed by atoms with E-state index in [1.807, 2.05) is 71.6 Å². The number of carbonyl (C=O) groups excluding carboxylic acids is 1. The summed E-state index contributed by atoms with van der Waals surface area (Å²) in [6.45, 7) is 1.12. The number of nitrogens with one attached hydrogen (secondary N) is 1. The molecule has 0 atom stereocenters. The second-order valence-electron chi connectivity index (χ2n) is 6.83. The number of nitriles is 1. The van der Waals surface area contributed by atoms with Crippen LogP contribution in [-0.4, -0.2) is 17.9 Å². The lowest BCUT2D eigenvalue weighted by Gasteiger charge is -2.21. The van der Waals surface area contributed by atoms with E-state index in [0.29, 0.717) is 29.5 Å². The van der Waals surface area contributed by atoms with E-state index in [9.17, 15) is 10.1 Å². The first-order valence-electron chi connectivity index (χ1n) is 9.67. The molecule has 0 aliphatic rings. The summed E-state index contributed by atoms with van der Waals surface area (Å²) in [5, 5.41) is 12.7. The van der Waals surface area contributed by atoms with Crippen molar-refractivity contribution >= 4 is 23.2 Å². The zero-order chi connectivity index (χ0) is 22.1. The maximum Gasteiger partial charge on any atom is 0.267 e. The lowest BCUT2D eigenvalue weighted by molar-refractivity contribution is -0.112. The molecular formula is C25H22ClN3O2. The fourth-order valence-electron chi connectivity index (χ4n) is 3.05. The Balaban J connectivity index is 1.82. The predicted molar refractivity (Wildman–Crippen MR) is 122 cm³/mol. The van der Waals surface area contributed by atoms with Gasteiger partial charge >= 0.3 is 0 Å². The third kappa shape index (κ3) is 6.36. The van der Waals surface area contributed by atoms with E-state index in [-0.39, 0.29) is 5.57 Å². The van der Waals surface area contributed by atoms with Gasteiger partial charge in [-0.25, -0.2) is 0 Å². The molecule has 6 heteroatoms. The Hall–Kier alpha value is -3.75. The first kappa shape index (κ1) is 21.9. The zero-order valence-corrected chi connectivity index (χ0v) is 17.8. The van der Waals surface area contributed by atoms with Gasteiger partial charge < -0.3 is 15.0 Å². The number of benzene rings is 3. The molecule has 1 N–H and O–H groups in total. The van der Waals surface area contributed by atoms with Gasteiger partial charge in [-0.2, -0.15) is 5.26 Å². The molecule has 0 aliphatic heterocycles. The van der Waals surface area contributed by atoms with E-state index in [4.69, 9.17) is 16.3 Å². The highest BCUT2D eigenvalue weighted by molar-refractivity contribution is 6.32. The molecule has 3 rings (SSSR count). The number of amides is 1. The maximum atomic E-state index is 12.7. The largest absolute Gasteiger partial charge is 0.495 e. The van der Waals surface area contributed by atoms with Crippen LogP contribution >= 0.6 is 11.6 Å². The standard InChI is InChI=1S/C25H22ClN3O2/c1-31-24-13-12-22(14-23(24)26)28-25(30)21(15-27)18-29(16-19-8-4-2-5-9-19)17-20-10-6-3-7-11-20/h2-14,18H,16-17H2,1H3,(H,28,30)/b21-18-. The second kappa shape index (κ2) is 10.9. The van der Waals surface area contributed by atoms with Gasteiger partial charge in [0.15, 0.2) is 0 Å². The van der Waals surface area contributed by atoms with Crippen LogP contribution in [0.3, 0.4) is 0 Å². The molecule has 5 nitrogen and oxygen atoms in total. The van der Waals surface area contributed by atoms with E-state index >= 15 is 0 Å². The Bertz CT molecular complexity index is 1050. The minimum Gasteiger partial charge on any atom is -0.495 e. The smallest absolute Gasteiger partial charge is 0.267 e. The summed E-state index contributed by atoms with van der Waals surface area (Å²) in [5.41, 5.74) is 2.64. The van der Waals surface area contributed by atoms with Crippen LogP contribution in [0, 0.1) is 11.3 Å². The number of methoxy groups -OCH3 is 1. The highest BCUT2D eigenvalue weighted by Gasteiger charge is 2.14. The summed E-state index contributed by atoms with van der Waals surface area (Å²) in [6, 6.07) is 26.7. The molecule has 3 aromatic carbocycles. The van der Waals surface area contributed by atoms with Crippen LogP contribution in [0.5, 0.6) is 5.75 Å². The molecule has 0 radical (unpaired) electrons. The number of anilines is 1. The van der Waals surface area contributed by atoms with E-state index in [2.05, 4.69) is 5.32 Å². The van der Waals surface area contributed by atoms with Gasteiger partial charge in [-0.1, -0.05) is 72.3 Å². The number of rotatable bonds is 8. The Morgan fingerprint density at radius 1 is 1.03 bits per heavy atom. The van der Waals surface area contributed by atoms with Crippen LogP contribution in [-0.2, 0) is 17.9 Å². The molecule has 0 saturated carbocycles. The van der Waals surface area contributed by atoms with Crippen LogP contribution in [0.4, 0.5) is 5.69 Å².